The van der Waals surface area contributed by atoms with Gasteiger partial charge in [0.2, 0.25) is 0 Å². The van der Waals surface area contributed by atoms with Gasteiger partial charge in [0.1, 0.15) is 11.4 Å². The van der Waals surface area contributed by atoms with E-state index in [1.165, 1.54) is 11.0 Å². The normalized spacial score (nSPS) is 13.6. The number of rotatable bonds is 3. The Labute approximate surface area is 162 Å². The molecule has 3 rings (SSSR count). The summed E-state index contributed by atoms with van der Waals surface area (Å²) in [5.41, 5.74) is 6.48. The SMILES string of the molecule is CC(C)(C)OC(=O)Nc1cccc(CN2Cc3ccc(N)cc3OC2=O)c1F. The van der Waals surface area contributed by atoms with Gasteiger partial charge in [-0.25, -0.2) is 14.0 Å². The summed E-state index contributed by atoms with van der Waals surface area (Å²) in [5, 5.41) is 2.39. The first-order chi connectivity index (χ1) is 13.1. The van der Waals surface area contributed by atoms with Crippen LogP contribution >= 0.6 is 0 Å². The van der Waals surface area contributed by atoms with Crippen LogP contribution in [0.15, 0.2) is 36.4 Å². The topological polar surface area (TPSA) is 93.9 Å². The predicted octanol–water partition coefficient (Wildman–Crippen LogP) is 4.27. The highest BCUT2D eigenvalue weighted by Gasteiger charge is 2.26. The second kappa shape index (κ2) is 7.38. The highest BCUT2D eigenvalue weighted by atomic mass is 19.1. The first-order valence-corrected chi connectivity index (χ1v) is 8.75. The van der Waals surface area contributed by atoms with Crippen LogP contribution in [-0.4, -0.2) is 22.7 Å². The van der Waals surface area contributed by atoms with E-state index in [1.807, 2.05) is 0 Å². The van der Waals surface area contributed by atoms with E-state index in [0.717, 1.165) is 5.56 Å². The Kier molecular flexibility index (Phi) is 5.13. The molecule has 0 saturated carbocycles. The number of nitrogen functional groups attached to an aromatic ring is 1. The molecule has 7 nitrogen and oxygen atoms in total. The molecule has 148 valence electrons. The first kappa shape index (κ1) is 19.5. The lowest BCUT2D eigenvalue weighted by Gasteiger charge is -2.28. The van der Waals surface area contributed by atoms with Crippen molar-refractivity contribution in [3.8, 4) is 5.75 Å². The van der Waals surface area contributed by atoms with Crippen LogP contribution in [0.25, 0.3) is 0 Å². The van der Waals surface area contributed by atoms with E-state index in [2.05, 4.69) is 5.32 Å². The smallest absolute Gasteiger partial charge is 0.415 e. The summed E-state index contributed by atoms with van der Waals surface area (Å²) in [5.74, 6) is -0.230. The number of nitrogens with one attached hydrogen (secondary N) is 1. The van der Waals surface area contributed by atoms with E-state index in [-0.39, 0.29) is 24.3 Å². The monoisotopic (exact) mass is 387 g/mol. The Morgan fingerprint density at radius 1 is 1.32 bits per heavy atom. The highest BCUT2D eigenvalue weighted by molar-refractivity contribution is 5.85. The molecule has 2 amide bonds. The minimum absolute atomic E-state index is 0.0156. The molecule has 2 aromatic carbocycles. The van der Waals surface area contributed by atoms with Crippen molar-refractivity contribution in [2.75, 3.05) is 11.1 Å². The van der Waals surface area contributed by atoms with Crippen LogP contribution in [0, 0.1) is 5.82 Å². The second-order valence-electron chi connectivity index (χ2n) is 7.50. The van der Waals surface area contributed by atoms with Gasteiger partial charge in [0, 0.05) is 22.9 Å². The fourth-order valence-electron chi connectivity index (χ4n) is 2.76. The number of amides is 2. The molecule has 0 aromatic heterocycles. The summed E-state index contributed by atoms with van der Waals surface area (Å²) in [6, 6.07) is 9.62. The van der Waals surface area contributed by atoms with Crippen LogP contribution in [-0.2, 0) is 17.8 Å². The number of ether oxygens (including phenoxy) is 2. The molecule has 28 heavy (non-hydrogen) atoms. The zero-order valence-electron chi connectivity index (χ0n) is 15.9. The van der Waals surface area contributed by atoms with Gasteiger partial charge >= 0.3 is 12.2 Å². The summed E-state index contributed by atoms with van der Waals surface area (Å²) in [4.78, 5) is 25.5. The average molecular weight is 387 g/mol. The van der Waals surface area contributed by atoms with Crippen LogP contribution in [0.3, 0.4) is 0 Å². The third-order valence-corrected chi connectivity index (χ3v) is 3.98. The standard InChI is InChI=1S/C20H22FN3O4/c1-20(2,3)28-18(25)23-15-6-4-5-13(17(15)21)11-24-10-12-7-8-14(22)9-16(12)27-19(24)26/h4-9H,10-11,22H2,1-3H3,(H,23,25). The van der Waals surface area contributed by atoms with Crippen molar-refractivity contribution in [3.05, 3.63) is 53.3 Å². The number of carbonyl (C=O) groups is 2. The number of anilines is 2. The van der Waals surface area contributed by atoms with Gasteiger partial charge in [-0.3, -0.25) is 10.2 Å². The summed E-state index contributed by atoms with van der Waals surface area (Å²) in [6.45, 7) is 5.39. The minimum atomic E-state index is -0.757. The maximum Gasteiger partial charge on any atom is 0.415 e. The van der Waals surface area contributed by atoms with Crippen LogP contribution < -0.4 is 15.8 Å². The maximum absolute atomic E-state index is 14.8. The Morgan fingerprint density at radius 3 is 2.79 bits per heavy atom. The van der Waals surface area contributed by atoms with Gasteiger partial charge < -0.3 is 15.2 Å². The van der Waals surface area contributed by atoms with Crippen LogP contribution in [0.1, 0.15) is 31.9 Å². The number of hydrogen-bond donors (Lipinski definition) is 2. The molecule has 0 spiro atoms. The number of carbonyl (C=O) groups excluding carboxylic acids is 2. The van der Waals surface area contributed by atoms with Crippen molar-refractivity contribution < 1.29 is 23.5 Å². The number of nitrogens with zero attached hydrogens (tertiary/aromatic N) is 1. The lowest BCUT2D eigenvalue weighted by molar-refractivity contribution is 0.0635. The van der Waals surface area contributed by atoms with Gasteiger partial charge in [-0.2, -0.15) is 0 Å². The molecule has 0 atom stereocenters. The fraction of sp³-hybridized carbons (Fsp3) is 0.300. The zero-order valence-corrected chi connectivity index (χ0v) is 15.9. The van der Waals surface area contributed by atoms with Crippen molar-refractivity contribution >= 4 is 23.6 Å². The molecule has 2 aromatic rings. The van der Waals surface area contributed by atoms with E-state index < -0.39 is 23.6 Å². The highest BCUT2D eigenvalue weighted by Crippen LogP contribution is 2.30. The van der Waals surface area contributed by atoms with Crippen LogP contribution in [0.5, 0.6) is 5.75 Å². The molecule has 8 heteroatoms. The van der Waals surface area contributed by atoms with E-state index in [4.69, 9.17) is 15.2 Å². The van der Waals surface area contributed by atoms with Gasteiger partial charge in [0.05, 0.1) is 18.8 Å². The van der Waals surface area contributed by atoms with E-state index in [0.29, 0.717) is 11.4 Å². The van der Waals surface area contributed by atoms with Crippen molar-refractivity contribution in [1.82, 2.24) is 4.90 Å². The largest absolute Gasteiger partial charge is 0.444 e. The van der Waals surface area contributed by atoms with Gasteiger partial charge in [0.25, 0.3) is 0 Å². The first-order valence-electron chi connectivity index (χ1n) is 8.75. The Bertz CT molecular complexity index is 924. The molecule has 0 bridgehead atoms. The molecule has 1 heterocycles. The summed E-state index contributed by atoms with van der Waals surface area (Å²) in [6.07, 6.45) is -1.35. The lowest BCUT2D eigenvalue weighted by atomic mass is 10.1. The molecule has 0 aliphatic carbocycles. The maximum atomic E-state index is 14.8. The molecule has 0 saturated heterocycles. The number of benzene rings is 2. The van der Waals surface area contributed by atoms with Crippen molar-refractivity contribution in [3.63, 3.8) is 0 Å². The average Bonchev–Trinajstić information content (AvgIpc) is 2.57. The third-order valence-electron chi connectivity index (χ3n) is 3.98. The number of halogens is 1. The Hall–Kier alpha value is -3.29. The summed E-state index contributed by atoms with van der Waals surface area (Å²) >= 11 is 0. The lowest BCUT2D eigenvalue weighted by Crippen LogP contribution is -2.36. The minimum Gasteiger partial charge on any atom is -0.444 e. The molecule has 0 fully saturated rings. The summed E-state index contributed by atoms with van der Waals surface area (Å²) in [7, 11) is 0. The number of fused-ring (bicyclic) bond motifs is 1. The molecule has 0 radical (unpaired) electrons. The van der Waals surface area contributed by atoms with Gasteiger partial charge in [0.15, 0.2) is 5.82 Å². The summed E-state index contributed by atoms with van der Waals surface area (Å²) < 4.78 is 25.3. The van der Waals surface area contributed by atoms with Gasteiger partial charge in [-0.15, -0.1) is 0 Å². The molecule has 1 aliphatic heterocycles. The van der Waals surface area contributed by atoms with Crippen molar-refractivity contribution in [1.29, 1.82) is 0 Å². The van der Waals surface area contributed by atoms with E-state index in [1.54, 1.807) is 51.1 Å². The Balaban J connectivity index is 1.75. The fourth-order valence-corrected chi connectivity index (χ4v) is 2.76. The second-order valence-corrected chi connectivity index (χ2v) is 7.50. The third kappa shape index (κ3) is 4.51. The molecule has 1 aliphatic rings. The van der Waals surface area contributed by atoms with Crippen molar-refractivity contribution in [2.24, 2.45) is 0 Å². The van der Waals surface area contributed by atoms with Gasteiger partial charge in [-0.05, 0) is 32.9 Å². The van der Waals surface area contributed by atoms with Gasteiger partial charge in [-0.1, -0.05) is 18.2 Å². The molecular formula is C20H22FN3O4. The predicted molar refractivity (Wildman–Crippen MR) is 102 cm³/mol. The van der Waals surface area contributed by atoms with Crippen LogP contribution in [0.4, 0.5) is 25.4 Å². The zero-order chi connectivity index (χ0) is 20.5. The molecular weight excluding hydrogens is 365 g/mol. The Morgan fingerprint density at radius 2 is 2.07 bits per heavy atom. The van der Waals surface area contributed by atoms with Crippen LogP contribution in [0.2, 0.25) is 0 Å². The molecule has 3 N–H and O–H groups in total. The molecule has 0 unspecified atom stereocenters. The number of hydrogen-bond acceptors (Lipinski definition) is 5. The van der Waals surface area contributed by atoms with E-state index >= 15 is 0 Å². The number of nitrogens with two attached hydrogens (primary N) is 1. The quantitative estimate of drug-likeness (QED) is 0.767. The van der Waals surface area contributed by atoms with Crippen molar-refractivity contribution in [2.45, 2.75) is 39.5 Å². The van der Waals surface area contributed by atoms with E-state index in [9.17, 15) is 14.0 Å².